The van der Waals surface area contributed by atoms with Gasteiger partial charge < -0.3 is 14.9 Å². The van der Waals surface area contributed by atoms with Crippen molar-refractivity contribution in [1.29, 1.82) is 0 Å². The van der Waals surface area contributed by atoms with Crippen molar-refractivity contribution in [1.82, 2.24) is 4.98 Å². The molecule has 29 heavy (non-hydrogen) atoms. The van der Waals surface area contributed by atoms with Gasteiger partial charge in [0.15, 0.2) is 5.78 Å². The molecular formula is C23H20NO4S-. The Morgan fingerprint density at radius 1 is 0.966 bits per heavy atom. The van der Waals surface area contributed by atoms with E-state index in [9.17, 15) is 19.5 Å². The summed E-state index contributed by atoms with van der Waals surface area (Å²) in [6.45, 7) is 6.32. The van der Waals surface area contributed by atoms with Gasteiger partial charge in [0.25, 0.3) is 5.56 Å². The molecule has 0 aliphatic rings. The third-order valence-electron chi connectivity index (χ3n) is 4.42. The molecule has 1 aromatic heterocycles. The maximum absolute atomic E-state index is 12.5. The summed E-state index contributed by atoms with van der Waals surface area (Å²) in [6.07, 6.45) is 3.05. The number of benzene rings is 2. The van der Waals surface area contributed by atoms with Crippen LogP contribution in [-0.2, 0) is 5.41 Å². The number of nitrogens with one attached hydrogen (secondary N) is 1. The van der Waals surface area contributed by atoms with Crippen molar-refractivity contribution in [3.8, 4) is 0 Å². The Kier molecular flexibility index (Phi) is 5.66. The van der Waals surface area contributed by atoms with Gasteiger partial charge in [-0.25, -0.2) is 0 Å². The number of rotatable bonds is 4. The molecule has 0 fully saturated rings. The Balaban J connectivity index is 1.89. The Bertz CT molecular complexity index is 1220. The van der Waals surface area contributed by atoms with Crippen molar-refractivity contribution in [2.24, 2.45) is 0 Å². The number of aromatic nitrogens is 1. The molecule has 0 amide bonds. The molecule has 148 valence electrons. The summed E-state index contributed by atoms with van der Waals surface area (Å²) in [5.41, 5.74) is 2.14. The molecule has 1 N–H and O–H groups in total. The Hall–Kier alpha value is -3.25. The molecule has 3 rings (SSSR count). The van der Waals surface area contributed by atoms with E-state index in [1.807, 2.05) is 12.1 Å². The lowest BCUT2D eigenvalue weighted by molar-refractivity contribution is -0.255. The number of carboxylic acids is 1. The zero-order chi connectivity index (χ0) is 21.2. The number of carbonyl (C=O) groups excluding carboxylic acids is 2. The largest absolute Gasteiger partial charge is 0.545 e. The maximum atomic E-state index is 12.5. The molecule has 6 heteroatoms. The fourth-order valence-corrected chi connectivity index (χ4v) is 3.61. The zero-order valence-electron chi connectivity index (χ0n) is 16.3. The second kappa shape index (κ2) is 8.01. The van der Waals surface area contributed by atoms with Crippen molar-refractivity contribution in [2.75, 3.05) is 0 Å². The van der Waals surface area contributed by atoms with Crippen LogP contribution in [0.1, 0.15) is 52.6 Å². The lowest BCUT2D eigenvalue weighted by Crippen LogP contribution is -2.22. The highest BCUT2D eigenvalue weighted by atomic mass is 32.1. The van der Waals surface area contributed by atoms with Crippen LogP contribution < -0.4 is 19.9 Å². The smallest absolute Gasteiger partial charge is 0.266 e. The minimum atomic E-state index is -1.25. The monoisotopic (exact) mass is 406 g/mol. The van der Waals surface area contributed by atoms with Crippen LogP contribution in [0.5, 0.6) is 0 Å². The van der Waals surface area contributed by atoms with Gasteiger partial charge in [0.05, 0.1) is 15.2 Å². The predicted octanol–water partition coefficient (Wildman–Crippen LogP) is 1.59. The number of thiazole rings is 1. The van der Waals surface area contributed by atoms with Crippen LogP contribution >= 0.6 is 11.3 Å². The Morgan fingerprint density at radius 3 is 2.10 bits per heavy atom. The van der Waals surface area contributed by atoms with E-state index in [1.54, 1.807) is 30.3 Å². The quantitative estimate of drug-likeness (QED) is 0.667. The minimum absolute atomic E-state index is 0.00813. The number of hydrogen-bond acceptors (Lipinski definition) is 5. The van der Waals surface area contributed by atoms with Crippen molar-refractivity contribution >= 4 is 35.2 Å². The van der Waals surface area contributed by atoms with E-state index in [-0.39, 0.29) is 22.3 Å². The van der Waals surface area contributed by atoms with Crippen molar-refractivity contribution in [2.45, 2.75) is 26.2 Å². The summed E-state index contributed by atoms with van der Waals surface area (Å²) in [5.74, 6) is -1.44. The third-order valence-corrected chi connectivity index (χ3v) is 5.39. The second-order valence-corrected chi connectivity index (χ2v) is 8.76. The normalized spacial score (nSPS) is 12.9. The van der Waals surface area contributed by atoms with Crippen molar-refractivity contribution in [3.05, 3.63) is 90.3 Å². The summed E-state index contributed by atoms with van der Waals surface area (Å²) in [5, 5.41) is 10.8. The van der Waals surface area contributed by atoms with Gasteiger partial charge >= 0.3 is 0 Å². The van der Waals surface area contributed by atoms with Crippen LogP contribution in [0.2, 0.25) is 0 Å². The second-order valence-electron chi connectivity index (χ2n) is 7.67. The number of carboxylic acid groups (broad SMARTS) is 1. The minimum Gasteiger partial charge on any atom is -0.545 e. The highest BCUT2D eigenvalue weighted by Crippen LogP contribution is 2.22. The van der Waals surface area contributed by atoms with Gasteiger partial charge in [-0.1, -0.05) is 69.3 Å². The van der Waals surface area contributed by atoms with Gasteiger partial charge in [0.1, 0.15) is 0 Å². The summed E-state index contributed by atoms with van der Waals surface area (Å²) < 4.78 is 0.880. The van der Waals surface area contributed by atoms with Gasteiger partial charge in [0.2, 0.25) is 0 Å². The topological polar surface area (TPSA) is 90.1 Å². The standard InChI is InChI=1S/C23H21NO4S/c1-23(2,3)17-10-8-15(9-11-17)18(25)13-20-24-21(26)19(29-20)12-14-4-6-16(7-5-14)22(27)28/h4-13H,1-3H3,(H,24,26)(H,27,28)/p-1/b19-12+,20-13+. The Morgan fingerprint density at radius 2 is 1.55 bits per heavy atom. The van der Waals surface area contributed by atoms with Crippen LogP contribution in [-0.4, -0.2) is 16.7 Å². The van der Waals surface area contributed by atoms with Gasteiger partial charge in [0, 0.05) is 11.6 Å². The summed E-state index contributed by atoms with van der Waals surface area (Å²) in [6, 6.07) is 13.5. The van der Waals surface area contributed by atoms with Crippen LogP contribution in [0.4, 0.5) is 0 Å². The first-order valence-electron chi connectivity index (χ1n) is 9.02. The SMILES string of the molecule is CC(C)(C)c1ccc(C(=O)/C=c2\[nH]c(=O)/c(=C\c3ccc(C(=O)[O-])cc3)s2)cc1. The first-order valence-corrected chi connectivity index (χ1v) is 9.84. The number of ketones is 1. The van der Waals surface area contributed by atoms with Gasteiger partial charge in [-0.05, 0) is 28.2 Å². The summed E-state index contributed by atoms with van der Waals surface area (Å²) in [4.78, 5) is 38.2. The molecule has 3 aromatic rings. The lowest BCUT2D eigenvalue weighted by atomic mass is 9.86. The number of aromatic amines is 1. The molecule has 0 spiro atoms. The number of Topliss-reactive ketones (excluding diaryl/α,β-unsaturated/α-hetero) is 1. The van der Waals surface area contributed by atoms with Gasteiger partial charge in [-0.2, -0.15) is 0 Å². The molecule has 0 unspecified atom stereocenters. The summed E-state index contributed by atoms with van der Waals surface area (Å²) >= 11 is 1.17. The predicted molar refractivity (Wildman–Crippen MR) is 112 cm³/mol. The highest BCUT2D eigenvalue weighted by molar-refractivity contribution is 7.07. The summed E-state index contributed by atoms with van der Waals surface area (Å²) in [7, 11) is 0. The molecule has 1 heterocycles. The Labute approximate surface area is 171 Å². The molecule has 0 aliphatic carbocycles. The number of carbonyl (C=O) groups is 2. The number of H-pyrrole nitrogens is 1. The van der Waals surface area contributed by atoms with Crippen LogP contribution in [0.3, 0.4) is 0 Å². The molecule has 0 atom stereocenters. The van der Waals surface area contributed by atoms with E-state index in [1.165, 1.54) is 29.5 Å². The van der Waals surface area contributed by atoms with Crippen LogP contribution in [0, 0.1) is 0 Å². The average molecular weight is 406 g/mol. The molecule has 0 aliphatic heterocycles. The number of aromatic carboxylic acids is 1. The fourth-order valence-electron chi connectivity index (χ4n) is 2.73. The average Bonchev–Trinajstić information content (AvgIpc) is 3.00. The third kappa shape index (κ3) is 4.97. The van der Waals surface area contributed by atoms with E-state index in [2.05, 4.69) is 25.8 Å². The van der Waals surface area contributed by atoms with Crippen molar-refractivity contribution < 1.29 is 14.7 Å². The fraction of sp³-hybridized carbons (Fsp3) is 0.174. The van der Waals surface area contributed by atoms with E-state index in [0.717, 1.165) is 5.56 Å². The first kappa shape index (κ1) is 20.5. The van der Waals surface area contributed by atoms with Crippen LogP contribution in [0.15, 0.2) is 53.3 Å². The van der Waals surface area contributed by atoms with E-state index < -0.39 is 5.97 Å². The first-order chi connectivity index (χ1) is 13.6. The van der Waals surface area contributed by atoms with Gasteiger partial charge in [-0.15, -0.1) is 11.3 Å². The molecule has 0 radical (unpaired) electrons. The van der Waals surface area contributed by atoms with Gasteiger partial charge in [-0.3, -0.25) is 9.59 Å². The zero-order valence-corrected chi connectivity index (χ0v) is 17.1. The number of hydrogen-bond donors (Lipinski definition) is 1. The van der Waals surface area contributed by atoms with E-state index >= 15 is 0 Å². The lowest BCUT2D eigenvalue weighted by Gasteiger charge is -2.18. The maximum Gasteiger partial charge on any atom is 0.266 e. The van der Waals surface area contributed by atoms with E-state index in [0.29, 0.717) is 20.3 Å². The molecule has 2 aromatic carbocycles. The highest BCUT2D eigenvalue weighted by Gasteiger charge is 2.13. The van der Waals surface area contributed by atoms with Crippen LogP contribution in [0.25, 0.3) is 12.2 Å². The molecule has 0 saturated heterocycles. The molecule has 0 bridgehead atoms. The molecule has 0 saturated carbocycles. The van der Waals surface area contributed by atoms with E-state index in [4.69, 9.17) is 0 Å². The van der Waals surface area contributed by atoms with Crippen molar-refractivity contribution in [3.63, 3.8) is 0 Å². The molecule has 5 nitrogen and oxygen atoms in total. The molecular weight excluding hydrogens is 386 g/mol.